The lowest BCUT2D eigenvalue weighted by molar-refractivity contribution is 0.101. The van der Waals surface area contributed by atoms with Crippen LogP contribution in [0.3, 0.4) is 0 Å². The van der Waals surface area contributed by atoms with E-state index in [-0.39, 0.29) is 11.7 Å². The van der Waals surface area contributed by atoms with Gasteiger partial charge in [-0.25, -0.2) is 4.98 Å². The molecule has 0 aliphatic carbocycles. The average Bonchev–Trinajstić information content (AvgIpc) is 3.11. The maximum atomic E-state index is 13.0. The topological polar surface area (TPSA) is 101 Å². The van der Waals surface area contributed by atoms with Crippen LogP contribution in [0.15, 0.2) is 72.8 Å². The first-order valence-electron chi connectivity index (χ1n) is 10.0. The first-order chi connectivity index (χ1) is 16.4. The van der Waals surface area contributed by atoms with Crippen LogP contribution in [0.4, 0.5) is 5.69 Å². The number of carbonyl (C=O) groups excluding carboxylic acids is 1. The Bertz CT molecular complexity index is 1450. The second-order valence-corrected chi connectivity index (χ2v) is 10.1. The van der Waals surface area contributed by atoms with E-state index in [1.807, 2.05) is 42.5 Å². The first kappa shape index (κ1) is 26.7. The fraction of sp³-hybridized carbons (Fsp3) is 0.0833. The zero-order chi connectivity index (χ0) is 25.8. The Labute approximate surface area is 218 Å². The number of halogens is 3. The summed E-state index contributed by atoms with van der Waals surface area (Å²) in [6.45, 7) is 0. The van der Waals surface area contributed by atoms with Crippen molar-refractivity contribution in [3.63, 3.8) is 0 Å². The van der Waals surface area contributed by atoms with Crippen molar-refractivity contribution in [1.82, 2.24) is 9.55 Å². The summed E-state index contributed by atoms with van der Waals surface area (Å²) in [6, 6.07) is 21.8. The van der Waals surface area contributed by atoms with Crippen LogP contribution in [-0.2, 0) is 17.2 Å². The molecule has 0 atom stereocenters. The minimum absolute atomic E-state index is 0.254. The molecule has 3 aromatic carbocycles. The molecule has 0 bridgehead atoms. The van der Waals surface area contributed by atoms with Gasteiger partial charge in [-0.1, -0.05) is 65.1 Å². The molecule has 2 N–H and O–H groups in total. The maximum absolute atomic E-state index is 13.0. The van der Waals surface area contributed by atoms with E-state index in [2.05, 4.69) is 10.3 Å². The van der Waals surface area contributed by atoms with Gasteiger partial charge in [0.25, 0.3) is 16.0 Å². The number of hydrogen-bond donors (Lipinski definition) is 2. The van der Waals surface area contributed by atoms with E-state index in [1.54, 1.807) is 41.9 Å². The van der Waals surface area contributed by atoms with E-state index in [9.17, 15) is 13.2 Å². The van der Waals surface area contributed by atoms with Crippen molar-refractivity contribution < 1.29 is 17.8 Å². The van der Waals surface area contributed by atoms with Gasteiger partial charge in [-0.15, -0.1) is 0 Å². The monoisotopic (exact) mass is 551 g/mol. The molecule has 0 aliphatic rings. The van der Waals surface area contributed by atoms with Gasteiger partial charge in [-0.2, -0.15) is 8.42 Å². The Morgan fingerprint density at radius 1 is 0.943 bits per heavy atom. The molecule has 1 aromatic heterocycles. The van der Waals surface area contributed by atoms with E-state index in [0.717, 1.165) is 11.3 Å². The van der Waals surface area contributed by atoms with Crippen molar-refractivity contribution in [2.45, 2.75) is 0 Å². The SMILES string of the molecule is CS(=O)(=O)O.Cn1c(C(=O)Nc2ccccc2)nc(-c2ccc(Cl)cc2Cl)c1-c1ccc(Cl)cc1. The van der Waals surface area contributed by atoms with Crippen molar-refractivity contribution in [3.8, 4) is 22.5 Å². The molecule has 7 nitrogen and oxygen atoms in total. The summed E-state index contributed by atoms with van der Waals surface area (Å²) in [7, 11) is -1.87. The van der Waals surface area contributed by atoms with Crippen molar-refractivity contribution in [3.05, 3.63) is 93.7 Å². The summed E-state index contributed by atoms with van der Waals surface area (Å²) >= 11 is 18.6. The molecule has 1 amide bonds. The van der Waals surface area contributed by atoms with E-state index >= 15 is 0 Å². The highest BCUT2D eigenvalue weighted by molar-refractivity contribution is 7.85. The number of aromatic nitrogens is 2. The van der Waals surface area contributed by atoms with E-state index < -0.39 is 10.1 Å². The van der Waals surface area contributed by atoms with Crippen molar-refractivity contribution in [2.75, 3.05) is 11.6 Å². The Kier molecular flexibility index (Phi) is 8.58. The predicted molar refractivity (Wildman–Crippen MR) is 141 cm³/mol. The number of rotatable bonds is 4. The predicted octanol–water partition coefficient (Wildman–Crippen LogP) is 6.47. The fourth-order valence-corrected chi connectivity index (χ4v) is 3.84. The highest BCUT2D eigenvalue weighted by Crippen LogP contribution is 2.37. The van der Waals surface area contributed by atoms with Crippen LogP contribution in [0.25, 0.3) is 22.5 Å². The largest absolute Gasteiger partial charge is 0.322 e. The number of nitrogens with zero attached hydrogens (tertiary/aromatic N) is 2. The number of para-hydroxylation sites is 1. The minimum atomic E-state index is -3.67. The van der Waals surface area contributed by atoms with Gasteiger partial charge in [0.1, 0.15) is 0 Å². The molecule has 182 valence electrons. The average molecular weight is 553 g/mol. The fourth-order valence-electron chi connectivity index (χ4n) is 3.22. The molecule has 0 saturated heterocycles. The van der Waals surface area contributed by atoms with Crippen LogP contribution < -0.4 is 5.32 Å². The zero-order valence-electron chi connectivity index (χ0n) is 18.5. The van der Waals surface area contributed by atoms with Gasteiger partial charge < -0.3 is 9.88 Å². The van der Waals surface area contributed by atoms with Gasteiger partial charge in [0.05, 0.1) is 22.7 Å². The first-order valence-corrected chi connectivity index (χ1v) is 13.0. The molecule has 0 unspecified atom stereocenters. The zero-order valence-corrected chi connectivity index (χ0v) is 21.6. The highest BCUT2D eigenvalue weighted by atomic mass is 35.5. The summed E-state index contributed by atoms with van der Waals surface area (Å²) in [6.07, 6.45) is 0.715. The number of benzene rings is 3. The summed E-state index contributed by atoms with van der Waals surface area (Å²) in [5.74, 6) is -0.0694. The molecule has 0 aliphatic heterocycles. The molecule has 35 heavy (non-hydrogen) atoms. The van der Waals surface area contributed by atoms with Gasteiger partial charge in [0, 0.05) is 33.9 Å². The second kappa shape index (κ2) is 11.2. The van der Waals surface area contributed by atoms with E-state index in [1.165, 1.54) is 0 Å². The quantitative estimate of drug-likeness (QED) is 0.283. The molecule has 0 saturated carbocycles. The Morgan fingerprint density at radius 3 is 2.09 bits per heavy atom. The van der Waals surface area contributed by atoms with Crippen LogP contribution in [0, 0.1) is 0 Å². The van der Waals surface area contributed by atoms with Gasteiger partial charge >= 0.3 is 0 Å². The third kappa shape index (κ3) is 7.30. The van der Waals surface area contributed by atoms with Gasteiger partial charge in [0.2, 0.25) is 0 Å². The number of nitrogens with one attached hydrogen (secondary N) is 1. The molecule has 4 aromatic rings. The van der Waals surface area contributed by atoms with Gasteiger partial charge in [-0.05, 0) is 42.5 Å². The molecular weight excluding hydrogens is 533 g/mol. The van der Waals surface area contributed by atoms with Crippen LogP contribution in [0.1, 0.15) is 10.6 Å². The Balaban J connectivity index is 0.000000623. The van der Waals surface area contributed by atoms with Crippen molar-refractivity contribution in [2.24, 2.45) is 7.05 Å². The number of amides is 1. The molecule has 0 spiro atoms. The molecule has 11 heteroatoms. The number of imidazole rings is 1. The molecular formula is C24H20Cl3N3O4S. The minimum Gasteiger partial charge on any atom is -0.322 e. The number of hydrogen-bond acceptors (Lipinski definition) is 4. The van der Waals surface area contributed by atoms with E-state index in [4.69, 9.17) is 39.4 Å². The Morgan fingerprint density at radius 2 is 1.51 bits per heavy atom. The lowest BCUT2D eigenvalue weighted by Crippen LogP contribution is -2.17. The summed E-state index contributed by atoms with van der Waals surface area (Å²) in [4.78, 5) is 17.6. The third-order valence-corrected chi connectivity index (χ3v) is 5.43. The third-order valence-electron chi connectivity index (χ3n) is 4.63. The number of carbonyl (C=O) groups is 1. The smallest absolute Gasteiger partial charge is 0.291 e. The molecule has 1 heterocycles. The van der Waals surface area contributed by atoms with Crippen LogP contribution >= 0.6 is 34.8 Å². The summed E-state index contributed by atoms with van der Waals surface area (Å²) < 4.78 is 27.6. The van der Waals surface area contributed by atoms with Gasteiger partial charge in [-0.3, -0.25) is 9.35 Å². The number of anilines is 1. The lowest BCUT2D eigenvalue weighted by atomic mass is 10.0. The van der Waals surface area contributed by atoms with Crippen molar-refractivity contribution >= 4 is 56.5 Å². The van der Waals surface area contributed by atoms with Gasteiger partial charge in [0.15, 0.2) is 5.82 Å². The maximum Gasteiger partial charge on any atom is 0.291 e. The second-order valence-electron chi connectivity index (χ2n) is 7.38. The van der Waals surface area contributed by atoms with Crippen molar-refractivity contribution in [1.29, 1.82) is 0 Å². The van der Waals surface area contributed by atoms with E-state index in [0.29, 0.717) is 38.3 Å². The van der Waals surface area contributed by atoms with Crippen LogP contribution in [0.5, 0.6) is 0 Å². The van der Waals surface area contributed by atoms with Crippen LogP contribution in [0.2, 0.25) is 15.1 Å². The normalized spacial score (nSPS) is 10.9. The standard InChI is InChI=1S/C23H16Cl3N3O.CH4O3S/c1-29-21(14-7-9-15(24)10-8-14)20(18-12-11-16(25)13-19(18)26)28-22(29)23(30)27-17-5-3-2-4-6-17;1-5(2,3)4/h2-13H,1H3,(H,27,30);1H3,(H,2,3,4). The van der Waals surface area contributed by atoms with Crippen LogP contribution in [-0.4, -0.2) is 34.7 Å². The summed E-state index contributed by atoms with van der Waals surface area (Å²) in [5, 5.41) is 4.47. The molecule has 4 rings (SSSR count). The summed E-state index contributed by atoms with van der Waals surface area (Å²) in [5.41, 5.74) is 3.55. The molecule has 0 radical (unpaired) electrons. The highest BCUT2D eigenvalue weighted by Gasteiger charge is 2.23. The lowest BCUT2D eigenvalue weighted by Gasteiger charge is -2.09. The Hall–Kier alpha value is -2.88. The molecule has 0 fully saturated rings.